The van der Waals surface area contributed by atoms with Crippen LogP contribution in [0, 0.1) is 5.92 Å². The molecule has 0 aliphatic heterocycles. The summed E-state index contributed by atoms with van der Waals surface area (Å²) >= 11 is 3.39. The van der Waals surface area contributed by atoms with E-state index in [-0.39, 0.29) is 30.3 Å². The Hall–Kier alpha value is -0.780. The van der Waals surface area contributed by atoms with Crippen LogP contribution in [-0.4, -0.2) is 24.6 Å². The van der Waals surface area contributed by atoms with Gasteiger partial charge in [-0.2, -0.15) is 0 Å². The second-order valence-corrected chi connectivity index (χ2v) is 5.96. The third-order valence-corrected chi connectivity index (χ3v) is 3.75. The van der Waals surface area contributed by atoms with Gasteiger partial charge in [0.05, 0.1) is 12.6 Å². The van der Waals surface area contributed by atoms with E-state index in [1.54, 1.807) is 0 Å². The van der Waals surface area contributed by atoms with Crippen molar-refractivity contribution >= 4 is 34.2 Å². The quantitative estimate of drug-likeness (QED) is 0.765. The van der Waals surface area contributed by atoms with Crippen LogP contribution < -0.4 is 15.8 Å². The van der Waals surface area contributed by atoms with Crippen LogP contribution in [0.4, 0.5) is 0 Å². The van der Waals surface area contributed by atoms with Gasteiger partial charge in [-0.05, 0) is 31.0 Å². The summed E-state index contributed by atoms with van der Waals surface area (Å²) in [6.07, 6.45) is 0.774. The number of nitrogens with one attached hydrogen (secondary N) is 1. The number of carbonyl (C=O) groups excluding carboxylic acids is 1. The minimum absolute atomic E-state index is 0. The van der Waals surface area contributed by atoms with Crippen LogP contribution >= 0.6 is 28.3 Å². The molecule has 3 unspecified atom stereocenters. The van der Waals surface area contributed by atoms with E-state index < -0.39 is 6.04 Å². The van der Waals surface area contributed by atoms with Gasteiger partial charge >= 0.3 is 0 Å². The molecule has 0 aromatic heterocycles. The fraction of sp³-hybridized carbons (Fsp3) is 0.533. The molecular weight excluding hydrogens is 356 g/mol. The summed E-state index contributed by atoms with van der Waals surface area (Å²) in [4.78, 5) is 11.9. The number of carbonyl (C=O) groups is 1. The van der Waals surface area contributed by atoms with Crippen LogP contribution in [0.2, 0.25) is 0 Å². The van der Waals surface area contributed by atoms with Gasteiger partial charge in [-0.3, -0.25) is 4.79 Å². The molecule has 0 radical (unpaired) electrons. The highest BCUT2D eigenvalue weighted by Crippen LogP contribution is 2.18. The first kappa shape index (κ1) is 20.2. The van der Waals surface area contributed by atoms with Crippen molar-refractivity contribution in [3.8, 4) is 5.75 Å². The Labute approximate surface area is 141 Å². The summed E-state index contributed by atoms with van der Waals surface area (Å²) in [5.41, 5.74) is 5.87. The smallest absolute Gasteiger partial charge is 0.237 e. The van der Waals surface area contributed by atoms with E-state index in [0.29, 0.717) is 6.54 Å². The van der Waals surface area contributed by atoms with E-state index in [1.807, 2.05) is 45.0 Å². The molecule has 0 spiro atoms. The number of ether oxygens (including phenoxy) is 1. The molecule has 1 aromatic carbocycles. The fourth-order valence-electron chi connectivity index (χ4n) is 1.69. The summed E-state index contributed by atoms with van der Waals surface area (Å²) in [7, 11) is 0. The van der Waals surface area contributed by atoms with Gasteiger partial charge in [-0.15, -0.1) is 12.4 Å². The number of benzene rings is 1. The van der Waals surface area contributed by atoms with Gasteiger partial charge in [-0.1, -0.05) is 42.3 Å². The second kappa shape index (κ2) is 10.0. The normalized spacial score (nSPS) is 14.5. The van der Waals surface area contributed by atoms with Gasteiger partial charge in [0.15, 0.2) is 0 Å². The number of hydrogen-bond acceptors (Lipinski definition) is 3. The zero-order chi connectivity index (χ0) is 15.1. The summed E-state index contributed by atoms with van der Waals surface area (Å²) in [5.74, 6) is 0.827. The van der Waals surface area contributed by atoms with Gasteiger partial charge in [0.1, 0.15) is 11.9 Å². The van der Waals surface area contributed by atoms with E-state index in [9.17, 15) is 4.79 Å². The van der Waals surface area contributed by atoms with Crippen molar-refractivity contribution in [2.75, 3.05) is 6.54 Å². The number of halogens is 2. The largest absolute Gasteiger partial charge is 0.489 e. The zero-order valence-corrected chi connectivity index (χ0v) is 15.0. The molecule has 6 heteroatoms. The van der Waals surface area contributed by atoms with Crippen molar-refractivity contribution in [1.29, 1.82) is 0 Å². The maximum absolute atomic E-state index is 11.9. The predicted molar refractivity (Wildman–Crippen MR) is 91.9 cm³/mol. The Morgan fingerprint density at radius 3 is 2.67 bits per heavy atom. The Morgan fingerprint density at radius 2 is 2.10 bits per heavy atom. The molecule has 1 aromatic rings. The standard InChI is InChI=1S/C15H23BrN2O2.ClH/c1-4-10(2)14(17)15(19)18-9-11(3)20-13-7-5-6-12(16)8-13;/h5-8,10-11,14H,4,9,17H2,1-3H3,(H,18,19);1H. The molecule has 120 valence electrons. The average molecular weight is 380 g/mol. The number of amides is 1. The topological polar surface area (TPSA) is 64.4 Å². The van der Waals surface area contributed by atoms with Crippen LogP contribution in [0.3, 0.4) is 0 Å². The molecule has 3 atom stereocenters. The first-order valence-corrected chi connectivity index (χ1v) is 7.68. The lowest BCUT2D eigenvalue weighted by Crippen LogP contribution is -2.47. The maximum Gasteiger partial charge on any atom is 0.237 e. The Morgan fingerprint density at radius 1 is 1.43 bits per heavy atom. The van der Waals surface area contributed by atoms with E-state index in [4.69, 9.17) is 10.5 Å². The summed E-state index contributed by atoms with van der Waals surface area (Å²) in [6.45, 7) is 6.36. The summed E-state index contributed by atoms with van der Waals surface area (Å²) < 4.78 is 6.69. The highest BCUT2D eigenvalue weighted by molar-refractivity contribution is 9.10. The SMILES string of the molecule is CCC(C)C(N)C(=O)NCC(C)Oc1cccc(Br)c1.Cl. The van der Waals surface area contributed by atoms with E-state index in [1.165, 1.54) is 0 Å². The van der Waals surface area contributed by atoms with Crippen molar-refractivity contribution in [2.45, 2.75) is 39.3 Å². The van der Waals surface area contributed by atoms with Gasteiger partial charge in [0, 0.05) is 4.47 Å². The zero-order valence-electron chi connectivity index (χ0n) is 12.6. The molecule has 3 N–H and O–H groups in total. The van der Waals surface area contributed by atoms with Crippen LogP contribution in [-0.2, 0) is 4.79 Å². The van der Waals surface area contributed by atoms with Crippen LogP contribution in [0.15, 0.2) is 28.7 Å². The van der Waals surface area contributed by atoms with Crippen LogP contribution in [0.1, 0.15) is 27.2 Å². The lowest BCUT2D eigenvalue weighted by Gasteiger charge is -2.20. The van der Waals surface area contributed by atoms with Crippen LogP contribution in [0.25, 0.3) is 0 Å². The highest BCUT2D eigenvalue weighted by Gasteiger charge is 2.19. The average Bonchev–Trinajstić information content (AvgIpc) is 2.43. The lowest BCUT2D eigenvalue weighted by molar-refractivity contribution is -0.123. The molecular formula is C15H24BrClN2O2. The summed E-state index contributed by atoms with van der Waals surface area (Å²) in [5, 5.41) is 2.83. The minimum atomic E-state index is -0.460. The molecule has 0 aliphatic rings. The molecule has 0 saturated carbocycles. The Bertz CT molecular complexity index is 445. The summed E-state index contributed by atoms with van der Waals surface area (Å²) in [6, 6.07) is 7.16. The van der Waals surface area contributed by atoms with Crippen molar-refractivity contribution in [2.24, 2.45) is 11.7 Å². The third kappa shape index (κ3) is 7.16. The van der Waals surface area contributed by atoms with Gasteiger partial charge in [-0.25, -0.2) is 0 Å². The van der Waals surface area contributed by atoms with Gasteiger partial charge < -0.3 is 15.8 Å². The monoisotopic (exact) mass is 378 g/mol. The molecule has 21 heavy (non-hydrogen) atoms. The first-order valence-electron chi connectivity index (χ1n) is 6.89. The molecule has 1 rings (SSSR count). The molecule has 0 aliphatic carbocycles. The van der Waals surface area contributed by atoms with Gasteiger partial charge in [0.2, 0.25) is 5.91 Å². The van der Waals surface area contributed by atoms with Crippen LogP contribution in [0.5, 0.6) is 5.75 Å². The molecule has 0 bridgehead atoms. The molecule has 4 nitrogen and oxygen atoms in total. The van der Waals surface area contributed by atoms with Crippen molar-refractivity contribution in [1.82, 2.24) is 5.32 Å². The third-order valence-electron chi connectivity index (χ3n) is 3.26. The fourth-order valence-corrected chi connectivity index (χ4v) is 2.07. The van der Waals surface area contributed by atoms with Gasteiger partial charge in [0.25, 0.3) is 0 Å². The molecule has 1 amide bonds. The number of rotatable bonds is 7. The van der Waals surface area contributed by atoms with E-state index in [0.717, 1.165) is 16.6 Å². The van der Waals surface area contributed by atoms with Crippen molar-refractivity contribution < 1.29 is 9.53 Å². The Kier molecular flexibility index (Phi) is 9.66. The van der Waals surface area contributed by atoms with E-state index >= 15 is 0 Å². The number of nitrogens with two attached hydrogens (primary N) is 1. The molecule has 0 fully saturated rings. The predicted octanol–water partition coefficient (Wildman–Crippen LogP) is 3.13. The Balaban J connectivity index is 0.00000400. The number of hydrogen-bond donors (Lipinski definition) is 2. The van der Waals surface area contributed by atoms with E-state index in [2.05, 4.69) is 21.2 Å². The molecule has 0 heterocycles. The second-order valence-electron chi connectivity index (χ2n) is 5.04. The van der Waals surface area contributed by atoms with Crippen molar-refractivity contribution in [3.63, 3.8) is 0 Å². The lowest BCUT2D eigenvalue weighted by atomic mass is 9.99. The maximum atomic E-state index is 11.9. The minimum Gasteiger partial charge on any atom is -0.489 e. The van der Waals surface area contributed by atoms with Crippen molar-refractivity contribution in [3.05, 3.63) is 28.7 Å². The first-order chi connectivity index (χ1) is 9.43. The highest BCUT2D eigenvalue weighted by atomic mass is 79.9. The molecule has 0 saturated heterocycles.